The zero-order valence-electron chi connectivity index (χ0n) is 8.25. The second-order valence-corrected chi connectivity index (χ2v) is 3.53. The van der Waals surface area contributed by atoms with Gasteiger partial charge in [-0.1, -0.05) is 0 Å². The first-order valence-corrected chi connectivity index (χ1v) is 4.70. The zero-order valence-corrected chi connectivity index (χ0v) is 8.25. The van der Waals surface area contributed by atoms with Gasteiger partial charge in [0.05, 0.1) is 12.2 Å². The van der Waals surface area contributed by atoms with E-state index in [1.165, 1.54) is 18.4 Å². The van der Waals surface area contributed by atoms with Gasteiger partial charge in [-0.2, -0.15) is 0 Å². The standard InChI is InChI=1S/C10H9NO5/c12-8-4-6(10(14)15)5-11(8)9(13)7-2-1-3-16-7/h1-3,6H,4-5H2,(H,14,15). The maximum atomic E-state index is 11.7. The molecule has 1 unspecified atom stereocenters. The maximum Gasteiger partial charge on any atom is 0.308 e. The van der Waals surface area contributed by atoms with Crippen LogP contribution in [0.1, 0.15) is 17.0 Å². The highest BCUT2D eigenvalue weighted by Gasteiger charge is 2.38. The summed E-state index contributed by atoms with van der Waals surface area (Å²) < 4.78 is 4.86. The highest BCUT2D eigenvalue weighted by Crippen LogP contribution is 2.20. The van der Waals surface area contributed by atoms with E-state index in [4.69, 9.17) is 9.52 Å². The monoisotopic (exact) mass is 223 g/mol. The van der Waals surface area contributed by atoms with E-state index in [1.807, 2.05) is 0 Å². The number of rotatable bonds is 2. The van der Waals surface area contributed by atoms with Crippen LogP contribution in [0, 0.1) is 5.92 Å². The smallest absolute Gasteiger partial charge is 0.308 e. The summed E-state index contributed by atoms with van der Waals surface area (Å²) in [6, 6.07) is 2.96. The lowest BCUT2D eigenvalue weighted by atomic mass is 10.1. The molecule has 0 aromatic carbocycles. The van der Waals surface area contributed by atoms with Crippen molar-refractivity contribution in [2.75, 3.05) is 6.54 Å². The quantitative estimate of drug-likeness (QED) is 0.731. The third-order valence-electron chi connectivity index (χ3n) is 2.45. The maximum absolute atomic E-state index is 11.7. The Bertz CT molecular complexity index is 436. The first-order chi connectivity index (χ1) is 7.59. The molecule has 1 aromatic rings. The van der Waals surface area contributed by atoms with Crippen LogP contribution in [0.5, 0.6) is 0 Å². The molecule has 0 spiro atoms. The van der Waals surface area contributed by atoms with Crippen LogP contribution in [-0.2, 0) is 9.59 Å². The van der Waals surface area contributed by atoms with Gasteiger partial charge in [-0.3, -0.25) is 19.3 Å². The third-order valence-corrected chi connectivity index (χ3v) is 2.45. The van der Waals surface area contributed by atoms with E-state index >= 15 is 0 Å². The van der Waals surface area contributed by atoms with Gasteiger partial charge in [0.2, 0.25) is 5.91 Å². The minimum absolute atomic E-state index is 0.0411. The van der Waals surface area contributed by atoms with E-state index in [9.17, 15) is 14.4 Å². The molecule has 2 rings (SSSR count). The van der Waals surface area contributed by atoms with Crippen LogP contribution >= 0.6 is 0 Å². The molecule has 84 valence electrons. The normalized spacial score (nSPS) is 20.1. The van der Waals surface area contributed by atoms with Crippen molar-refractivity contribution < 1.29 is 23.9 Å². The molecule has 1 aliphatic heterocycles. The summed E-state index contributed by atoms with van der Waals surface area (Å²) in [5.74, 6) is -2.90. The van der Waals surface area contributed by atoms with Gasteiger partial charge in [0.1, 0.15) is 0 Å². The van der Waals surface area contributed by atoms with Gasteiger partial charge in [-0.25, -0.2) is 0 Å². The highest BCUT2D eigenvalue weighted by atomic mass is 16.4. The number of imide groups is 1. The number of hydrogen-bond acceptors (Lipinski definition) is 4. The second kappa shape index (κ2) is 3.80. The molecule has 1 saturated heterocycles. The van der Waals surface area contributed by atoms with Crippen molar-refractivity contribution in [2.24, 2.45) is 5.92 Å². The fourth-order valence-corrected chi connectivity index (χ4v) is 1.60. The van der Waals surface area contributed by atoms with Crippen LogP contribution in [0.25, 0.3) is 0 Å². The summed E-state index contributed by atoms with van der Waals surface area (Å²) in [6.07, 6.45) is 1.18. The van der Waals surface area contributed by atoms with Crippen molar-refractivity contribution in [3.63, 3.8) is 0 Å². The fraction of sp³-hybridized carbons (Fsp3) is 0.300. The molecule has 0 aliphatic carbocycles. The molecular weight excluding hydrogens is 214 g/mol. The van der Waals surface area contributed by atoms with E-state index in [0.717, 1.165) is 4.90 Å². The van der Waals surface area contributed by atoms with E-state index in [1.54, 1.807) is 0 Å². The van der Waals surface area contributed by atoms with Crippen LogP contribution in [0.15, 0.2) is 22.8 Å². The largest absolute Gasteiger partial charge is 0.481 e. The van der Waals surface area contributed by atoms with Crippen molar-refractivity contribution in [1.82, 2.24) is 4.90 Å². The molecular formula is C10H9NO5. The zero-order chi connectivity index (χ0) is 11.7. The Morgan fingerprint density at radius 2 is 2.25 bits per heavy atom. The molecule has 6 heteroatoms. The van der Waals surface area contributed by atoms with Crippen molar-refractivity contribution in [3.8, 4) is 0 Å². The van der Waals surface area contributed by atoms with Gasteiger partial charge in [-0.05, 0) is 12.1 Å². The number of furan rings is 1. The first-order valence-electron chi connectivity index (χ1n) is 4.70. The lowest BCUT2D eigenvalue weighted by molar-refractivity contribution is -0.141. The Labute approximate surface area is 90.4 Å². The predicted octanol–water partition coefficient (Wildman–Crippen LogP) is 0.353. The highest BCUT2D eigenvalue weighted by molar-refractivity contribution is 6.05. The molecule has 1 aromatic heterocycles. The second-order valence-electron chi connectivity index (χ2n) is 3.53. The Kier molecular flexibility index (Phi) is 2.47. The lowest BCUT2D eigenvalue weighted by Crippen LogP contribution is -2.32. The molecule has 1 fully saturated rings. The molecule has 0 bridgehead atoms. The average molecular weight is 223 g/mol. The molecule has 2 heterocycles. The topological polar surface area (TPSA) is 87.8 Å². The summed E-state index contributed by atoms with van der Waals surface area (Å²) in [7, 11) is 0. The van der Waals surface area contributed by atoms with Crippen LogP contribution in [0.2, 0.25) is 0 Å². The summed E-state index contributed by atoms with van der Waals surface area (Å²) in [4.78, 5) is 34.7. The number of carboxylic acid groups (broad SMARTS) is 1. The van der Waals surface area contributed by atoms with Crippen LogP contribution in [0.3, 0.4) is 0 Å². The summed E-state index contributed by atoms with van der Waals surface area (Å²) in [6.45, 7) is -0.0896. The Morgan fingerprint density at radius 3 is 2.75 bits per heavy atom. The minimum Gasteiger partial charge on any atom is -0.481 e. The van der Waals surface area contributed by atoms with Crippen molar-refractivity contribution in [1.29, 1.82) is 0 Å². The number of likely N-dealkylation sites (tertiary alicyclic amines) is 1. The van der Waals surface area contributed by atoms with Crippen LogP contribution in [0.4, 0.5) is 0 Å². The fourth-order valence-electron chi connectivity index (χ4n) is 1.60. The Balaban J connectivity index is 2.15. The predicted molar refractivity (Wildman–Crippen MR) is 50.5 cm³/mol. The number of carbonyl (C=O) groups excluding carboxylic acids is 2. The van der Waals surface area contributed by atoms with Gasteiger partial charge in [0, 0.05) is 13.0 Å². The molecule has 16 heavy (non-hydrogen) atoms. The Morgan fingerprint density at radius 1 is 1.50 bits per heavy atom. The first kappa shape index (κ1) is 10.4. The summed E-state index contributed by atoms with van der Waals surface area (Å²) in [5, 5.41) is 8.75. The molecule has 6 nitrogen and oxygen atoms in total. The van der Waals surface area contributed by atoms with E-state index in [-0.39, 0.29) is 18.7 Å². The van der Waals surface area contributed by atoms with E-state index in [2.05, 4.69) is 0 Å². The van der Waals surface area contributed by atoms with Gasteiger partial charge in [-0.15, -0.1) is 0 Å². The number of hydrogen-bond donors (Lipinski definition) is 1. The number of aliphatic carboxylic acids is 1. The number of nitrogens with zero attached hydrogens (tertiary/aromatic N) is 1. The molecule has 1 atom stereocenters. The van der Waals surface area contributed by atoms with Gasteiger partial charge >= 0.3 is 5.97 Å². The van der Waals surface area contributed by atoms with Crippen molar-refractivity contribution in [3.05, 3.63) is 24.2 Å². The van der Waals surface area contributed by atoms with Gasteiger partial charge in [0.15, 0.2) is 5.76 Å². The molecule has 0 radical (unpaired) electrons. The van der Waals surface area contributed by atoms with Gasteiger partial charge < -0.3 is 9.52 Å². The summed E-state index contributed by atoms with van der Waals surface area (Å²) in [5.41, 5.74) is 0. The number of carbonyl (C=O) groups is 3. The van der Waals surface area contributed by atoms with Crippen molar-refractivity contribution in [2.45, 2.75) is 6.42 Å². The average Bonchev–Trinajstić information content (AvgIpc) is 2.84. The molecule has 1 N–H and O–H groups in total. The van der Waals surface area contributed by atoms with Crippen molar-refractivity contribution >= 4 is 17.8 Å². The van der Waals surface area contributed by atoms with Crippen LogP contribution < -0.4 is 0 Å². The summed E-state index contributed by atoms with van der Waals surface area (Å²) >= 11 is 0. The van der Waals surface area contributed by atoms with E-state index < -0.39 is 23.7 Å². The number of amides is 2. The Hall–Kier alpha value is -2.11. The SMILES string of the molecule is O=C(O)C1CC(=O)N(C(=O)c2ccco2)C1. The van der Waals surface area contributed by atoms with Crippen LogP contribution in [-0.4, -0.2) is 34.3 Å². The molecule has 0 saturated carbocycles. The van der Waals surface area contributed by atoms with E-state index in [0.29, 0.717) is 0 Å². The minimum atomic E-state index is -1.07. The lowest BCUT2D eigenvalue weighted by Gasteiger charge is -2.11. The molecule has 2 amide bonds. The third kappa shape index (κ3) is 1.69. The molecule has 1 aliphatic rings. The number of carboxylic acids is 1. The van der Waals surface area contributed by atoms with Gasteiger partial charge in [0.25, 0.3) is 5.91 Å².